The van der Waals surface area contributed by atoms with Crippen molar-refractivity contribution in [1.82, 2.24) is 0 Å². The third-order valence-corrected chi connectivity index (χ3v) is 1.45. The molecule has 0 aliphatic carbocycles. The standard InChI is InChI=1S/C4H5NOS/c1-3-2-4(6)7-5-3/h2H2,1H3. The van der Waals surface area contributed by atoms with Crippen molar-refractivity contribution >= 4 is 22.8 Å². The Morgan fingerprint density at radius 1 is 1.86 bits per heavy atom. The second-order valence-electron chi connectivity index (χ2n) is 1.47. The molecule has 0 bridgehead atoms. The van der Waals surface area contributed by atoms with Crippen molar-refractivity contribution < 1.29 is 4.79 Å². The summed E-state index contributed by atoms with van der Waals surface area (Å²) in [5.74, 6) is 0. The van der Waals surface area contributed by atoms with Crippen LogP contribution in [0.4, 0.5) is 0 Å². The highest BCUT2D eigenvalue weighted by molar-refractivity contribution is 8.13. The number of carbonyl (C=O) groups is 1. The van der Waals surface area contributed by atoms with Gasteiger partial charge in [-0.15, -0.1) is 0 Å². The zero-order valence-electron chi connectivity index (χ0n) is 3.97. The summed E-state index contributed by atoms with van der Waals surface area (Å²) in [5.41, 5.74) is 0.940. The Labute approximate surface area is 46.1 Å². The first-order valence-electron chi connectivity index (χ1n) is 2.02. The maximum atomic E-state index is 10.3. The third kappa shape index (κ3) is 1.03. The summed E-state index contributed by atoms with van der Waals surface area (Å²) in [7, 11) is 0. The largest absolute Gasteiger partial charge is 0.285 e. The molecule has 0 N–H and O–H groups in total. The average molecular weight is 115 g/mol. The molecule has 3 heteroatoms. The Hall–Kier alpha value is -0.310. The zero-order chi connectivity index (χ0) is 5.28. The van der Waals surface area contributed by atoms with Gasteiger partial charge in [0.1, 0.15) is 0 Å². The maximum absolute atomic E-state index is 10.3. The molecule has 0 aromatic heterocycles. The minimum atomic E-state index is 0.164. The van der Waals surface area contributed by atoms with Crippen molar-refractivity contribution in [3.8, 4) is 0 Å². The number of nitrogens with zero attached hydrogens (tertiary/aromatic N) is 1. The van der Waals surface area contributed by atoms with Gasteiger partial charge in [0, 0.05) is 17.7 Å². The molecule has 0 unspecified atom stereocenters. The van der Waals surface area contributed by atoms with Crippen LogP contribution in [0.5, 0.6) is 0 Å². The predicted molar refractivity (Wildman–Crippen MR) is 30.3 cm³/mol. The smallest absolute Gasteiger partial charge is 0.216 e. The second-order valence-corrected chi connectivity index (χ2v) is 2.29. The van der Waals surface area contributed by atoms with Crippen LogP contribution in [0.25, 0.3) is 0 Å². The first-order valence-corrected chi connectivity index (χ1v) is 2.79. The molecular formula is C4H5NOS. The van der Waals surface area contributed by atoms with E-state index in [4.69, 9.17) is 0 Å². The van der Waals surface area contributed by atoms with E-state index < -0.39 is 0 Å². The number of carbonyl (C=O) groups excluding carboxylic acids is 1. The first kappa shape index (κ1) is 4.84. The van der Waals surface area contributed by atoms with Crippen LogP contribution in [0.1, 0.15) is 13.3 Å². The molecule has 0 atom stereocenters. The van der Waals surface area contributed by atoms with Gasteiger partial charge in [-0.3, -0.25) is 4.79 Å². The molecule has 0 spiro atoms. The van der Waals surface area contributed by atoms with Gasteiger partial charge in [-0.2, -0.15) is 0 Å². The van der Waals surface area contributed by atoms with Crippen molar-refractivity contribution in [1.29, 1.82) is 0 Å². The van der Waals surface area contributed by atoms with E-state index >= 15 is 0 Å². The van der Waals surface area contributed by atoms with Crippen LogP contribution >= 0.6 is 11.9 Å². The lowest BCUT2D eigenvalue weighted by atomic mass is 10.3. The van der Waals surface area contributed by atoms with E-state index in [1.165, 1.54) is 0 Å². The molecule has 0 saturated heterocycles. The fraction of sp³-hybridized carbons (Fsp3) is 0.500. The lowest BCUT2D eigenvalue weighted by Gasteiger charge is -1.74. The van der Waals surface area contributed by atoms with Crippen molar-refractivity contribution in [3.63, 3.8) is 0 Å². The molecule has 0 amide bonds. The molecular weight excluding hydrogens is 110 g/mol. The topological polar surface area (TPSA) is 29.4 Å². The van der Waals surface area contributed by atoms with Crippen LogP contribution in [-0.4, -0.2) is 10.8 Å². The fourth-order valence-electron chi connectivity index (χ4n) is 0.402. The van der Waals surface area contributed by atoms with E-state index in [0.29, 0.717) is 6.42 Å². The molecule has 0 fully saturated rings. The third-order valence-electron chi connectivity index (χ3n) is 0.703. The average Bonchev–Trinajstić information content (AvgIpc) is 1.87. The summed E-state index contributed by atoms with van der Waals surface area (Å²) < 4.78 is 3.80. The van der Waals surface area contributed by atoms with Gasteiger partial charge in [0.2, 0.25) is 5.12 Å². The summed E-state index contributed by atoms with van der Waals surface area (Å²) in [6, 6.07) is 0. The number of hydrogen-bond acceptors (Lipinski definition) is 3. The fourth-order valence-corrected chi connectivity index (χ4v) is 0.998. The predicted octanol–water partition coefficient (Wildman–Crippen LogP) is 1.03. The summed E-state index contributed by atoms with van der Waals surface area (Å²) in [5, 5.41) is 0.164. The molecule has 0 aromatic carbocycles. The van der Waals surface area contributed by atoms with Crippen LogP contribution in [0.2, 0.25) is 0 Å². The summed E-state index contributed by atoms with van der Waals surface area (Å²) in [6.45, 7) is 1.86. The highest BCUT2D eigenvalue weighted by Crippen LogP contribution is 2.15. The lowest BCUT2D eigenvalue weighted by molar-refractivity contribution is -0.109. The second kappa shape index (κ2) is 1.66. The Bertz CT molecular complexity index is 130. The van der Waals surface area contributed by atoms with Gasteiger partial charge in [0.25, 0.3) is 0 Å². The van der Waals surface area contributed by atoms with Crippen molar-refractivity contribution in [2.45, 2.75) is 13.3 Å². The van der Waals surface area contributed by atoms with Gasteiger partial charge >= 0.3 is 0 Å². The lowest BCUT2D eigenvalue weighted by Crippen LogP contribution is -1.88. The minimum absolute atomic E-state index is 0.164. The molecule has 1 rings (SSSR count). The number of rotatable bonds is 0. The van der Waals surface area contributed by atoms with Crippen LogP contribution in [-0.2, 0) is 4.79 Å². The quantitative estimate of drug-likeness (QED) is 0.441. The van der Waals surface area contributed by atoms with Gasteiger partial charge in [-0.1, -0.05) is 0 Å². The highest BCUT2D eigenvalue weighted by Gasteiger charge is 2.10. The summed E-state index contributed by atoms with van der Waals surface area (Å²) >= 11 is 1.05. The monoisotopic (exact) mass is 115 g/mol. The van der Waals surface area contributed by atoms with Gasteiger partial charge in [0.15, 0.2) is 0 Å². The van der Waals surface area contributed by atoms with Crippen LogP contribution in [0.15, 0.2) is 4.40 Å². The molecule has 1 aliphatic heterocycles. The van der Waals surface area contributed by atoms with Crippen molar-refractivity contribution in [2.24, 2.45) is 4.40 Å². The Kier molecular flexibility index (Phi) is 1.15. The molecule has 38 valence electrons. The van der Waals surface area contributed by atoms with Crippen molar-refractivity contribution in [2.75, 3.05) is 0 Å². The van der Waals surface area contributed by atoms with Gasteiger partial charge in [0.05, 0.1) is 6.42 Å². The van der Waals surface area contributed by atoms with Gasteiger partial charge < -0.3 is 0 Å². The summed E-state index contributed by atoms with van der Waals surface area (Å²) in [4.78, 5) is 10.3. The van der Waals surface area contributed by atoms with E-state index in [9.17, 15) is 4.79 Å². The molecule has 0 aromatic rings. The van der Waals surface area contributed by atoms with E-state index in [2.05, 4.69) is 4.40 Å². The van der Waals surface area contributed by atoms with Crippen LogP contribution < -0.4 is 0 Å². The van der Waals surface area contributed by atoms with E-state index in [-0.39, 0.29) is 5.12 Å². The van der Waals surface area contributed by atoms with E-state index in [0.717, 1.165) is 17.7 Å². The molecule has 1 heterocycles. The van der Waals surface area contributed by atoms with E-state index in [1.807, 2.05) is 6.92 Å². The van der Waals surface area contributed by atoms with Gasteiger partial charge in [-0.25, -0.2) is 4.40 Å². The zero-order valence-corrected chi connectivity index (χ0v) is 4.79. The van der Waals surface area contributed by atoms with Crippen LogP contribution in [0, 0.1) is 0 Å². The van der Waals surface area contributed by atoms with Crippen LogP contribution in [0.3, 0.4) is 0 Å². The molecule has 0 saturated carbocycles. The van der Waals surface area contributed by atoms with E-state index in [1.54, 1.807) is 0 Å². The molecule has 2 nitrogen and oxygen atoms in total. The minimum Gasteiger partial charge on any atom is -0.285 e. The highest BCUT2D eigenvalue weighted by atomic mass is 32.2. The molecule has 1 aliphatic rings. The first-order chi connectivity index (χ1) is 3.29. The summed E-state index contributed by atoms with van der Waals surface area (Å²) in [6.07, 6.45) is 0.546. The normalized spacial score (nSPS) is 20.1. The Morgan fingerprint density at radius 3 is 2.71 bits per heavy atom. The number of hydrogen-bond donors (Lipinski definition) is 0. The molecule has 7 heavy (non-hydrogen) atoms. The Morgan fingerprint density at radius 2 is 2.57 bits per heavy atom. The van der Waals surface area contributed by atoms with Crippen molar-refractivity contribution in [3.05, 3.63) is 0 Å². The maximum Gasteiger partial charge on any atom is 0.216 e. The van der Waals surface area contributed by atoms with Gasteiger partial charge in [-0.05, 0) is 6.92 Å². The Balaban J connectivity index is 2.58. The molecule has 0 radical (unpaired) electrons. The SMILES string of the molecule is CC1=NSC(=O)C1.